The maximum atomic E-state index is 13.5. The van der Waals surface area contributed by atoms with Gasteiger partial charge in [0.25, 0.3) is 27.9 Å². The Labute approximate surface area is 683 Å². The molecule has 0 unspecified atom stereocenters. The lowest BCUT2D eigenvalue weighted by Gasteiger charge is -2.20. The predicted molar refractivity (Wildman–Crippen MR) is 470 cm³/mol. The van der Waals surface area contributed by atoms with E-state index in [1.54, 1.807) is 133 Å². The number of nitro groups is 1. The van der Waals surface area contributed by atoms with Crippen molar-refractivity contribution in [3.63, 3.8) is 0 Å². The van der Waals surface area contributed by atoms with E-state index in [1.165, 1.54) is 44.2 Å². The van der Waals surface area contributed by atoms with Crippen molar-refractivity contribution in [2.75, 3.05) is 16.4 Å². The van der Waals surface area contributed by atoms with Gasteiger partial charge in [0.2, 0.25) is 0 Å². The average molecular weight is 1600 g/mol. The summed E-state index contributed by atoms with van der Waals surface area (Å²) < 4.78 is 10.7. The monoisotopic (exact) mass is 1600 g/mol. The van der Waals surface area contributed by atoms with E-state index in [-0.39, 0.29) is 33.7 Å². The first-order chi connectivity index (χ1) is 57.4. The molecule has 16 aromatic rings. The number of H-pyrrole nitrogens is 6. The Hall–Kier alpha value is -16.1. The number of aromatic amines is 6. The number of pyridine rings is 4. The number of ether oxygens (including phenoxy) is 2. The van der Waals surface area contributed by atoms with Gasteiger partial charge >= 0.3 is 12.2 Å². The zero-order valence-corrected chi connectivity index (χ0v) is 66.0. The van der Waals surface area contributed by atoms with Gasteiger partial charge in [0.1, 0.15) is 22.9 Å². The number of amides is 2. The second kappa shape index (κ2) is 34.9. The largest absolute Gasteiger partial charge is 0.444 e. The maximum Gasteiger partial charge on any atom is 0.412 e. The summed E-state index contributed by atoms with van der Waals surface area (Å²) >= 11 is 0. The molecule has 0 aliphatic heterocycles. The van der Waals surface area contributed by atoms with Gasteiger partial charge in [-0.15, -0.1) is 0 Å². The number of hydrogen-bond acceptors (Lipinski definition) is 17. The fourth-order valence-electron chi connectivity index (χ4n) is 13.6. The van der Waals surface area contributed by atoms with Crippen molar-refractivity contribution in [3.05, 3.63) is 340 Å². The number of carbonyl (C=O) groups excluding carboxylic acids is 6. The second-order valence-electron chi connectivity index (χ2n) is 29.6. The van der Waals surface area contributed by atoms with E-state index in [2.05, 4.69) is 50.5 Å². The lowest BCUT2D eigenvalue weighted by atomic mass is 9.93. The van der Waals surface area contributed by atoms with Crippen LogP contribution in [0.3, 0.4) is 0 Å². The Morgan fingerprint density at radius 1 is 0.383 bits per heavy atom. The fourth-order valence-corrected chi connectivity index (χ4v) is 13.6. The molecular formula is C94H78N12O14. The second-order valence-corrected chi connectivity index (χ2v) is 29.6. The summed E-state index contributed by atoms with van der Waals surface area (Å²) in [5.41, 5.74) is 14.7. The number of nitrogen functional groups attached to an aromatic ring is 1. The highest BCUT2D eigenvalue weighted by Gasteiger charge is 2.26. The first kappa shape index (κ1) is 81.9. The molecule has 16 rings (SSSR count). The summed E-state index contributed by atoms with van der Waals surface area (Å²) in [6.45, 7) is 13.4. The number of anilines is 3. The van der Waals surface area contributed by atoms with E-state index < -0.39 is 67.9 Å². The number of Topliss-reactive ketones (excluding diaryl/α,β-unsaturated/α-hetero) is 2. The van der Waals surface area contributed by atoms with Gasteiger partial charge in [-0.25, -0.2) is 19.6 Å². The summed E-state index contributed by atoms with van der Waals surface area (Å²) in [6, 6.07) is 71.4. The number of nitrogens with one attached hydrogen (secondary N) is 8. The fraction of sp³-hybridized carbons (Fsp3) is 0.106. The first-order valence-electron chi connectivity index (χ1n) is 37.7. The molecule has 598 valence electrons. The minimum atomic E-state index is -0.660. The van der Waals surface area contributed by atoms with Crippen molar-refractivity contribution in [2.45, 2.75) is 66.6 Å². The van der Waals surface area contributed by atoms with Gasteiger partial charge in [0.05, 0.1) is 49.2 Å². The van der Waals surface area contributed by atoms with Crippen LogP contribution in [0.15, 0.2) is 274 Å². The number of nitrogens with two attached hydrogens (primary N) is 1. The average Bonchev–Trinajstić information content (AvgIpc) is 1.02. The number of hydrogen-bond donors (Lipinski definition) is 9. The van der Waals surface area contributed by atoms with Crippen molar-refractivity contribution in [3.8, 4) is 44.5 Å². The maximum absolute atomic E-state index is 13.5. The third-order valence-corrected chi connectivity index (χ3v) is 18.6. The number of fused-ring (bicyclic) bond motifs is 6. The molecule has 0 radical (unpaired) electrons. The van der Waals surface area contributed by atoms with Crippen LogP contribution in [0, 0.1) is 10.1 Å². The van der Waals surface area contributed by atoms with Crippen molar-refractivity contribution in [2.24, 2.45) is 0 Å². The molecule has 6 aromatic heterocycles. The molecule has 26 heteroatoms. The Bertz CT molecular complexity index is 6990. The summed E-state index contributed by atoms with van der Waals surface area (Å²) in [7, 11) is 0. The number of imidazole rings is 2. The molecule has 10 N–H and O–H groups in total. The number of ketones is 4. The van der Waals surface area contributed by atoms with Crippen LogP contribution in [0.5, 0.6) is 0 Å². The van der Waals surface area contributed by atoms with Crippen LogP contribution >= 0.6 is 0 Å². The standard InChI is InChI=1S/C30H26N4O4.C25H18N4O2.C22H22N2O4.C17H12N2O4/c1-30(2,3)38-29(37)31-19-13-14-21-20(17-19)26(18-9-5-4-6-10-18)27(28(36)34-21)24(35)15-16-25-32-22-11-7-8-12-23(22)33-25;26-16-10-11-18-17(14-16)23(15-6-2-1-3-7-15)24(25(31)29-18)21(30)12-13-22-27-19-8-4-5-9-20(19)28-22;1-13(25)18-19(14-8-6-5-7-9-14)16-12-15(10-11-17(16)24-20(18)26)23-21(27)28-22(2,3)4;1-10(20)15-16(11-5-3-2-4-6-11)13-9-12(19(22)23)7-8-14(13)18-17(15)21/h4-17H,1-3H3,(H,31,37)(H,32,33)(H,34,36);1-14H,26H2,(H,27,28)(H,29,31);5-12H,1-4H3,(H,23,27)(H,24,26);2-9H,1H3,(H,18,21)/b16-15+;13-12+;;. The minimum Gasteiger partial charge on any atom is -0.444 e. The summed E-state index contributed by atoms with van der Waals surface area (Å²) in [6.07, 6.45) is 4.66. The molecule has 6 heterocycles. The van der Waals surface area contributed by atoms with E-state index in [0.29, 0.717) is 106 Å². The molecule has 2 amide bonds. The number of aromatic nitrogens is 8. The number of para-hydroxylation sites is 4. The lowest BCUT2D eigenvalue weighted by molar-refractivity contribution is -0.384. The van der Waals surface area contributed by atoms with Crippen LogP contribution < -0.4 is 38.6 Å². The Morgan fingerprint density at radius 2 is 0.692 bits per heavy atom. The molecule has 0 saturated heterocycles. The third kappa shape index (κ3) is 19.0. The Balaban J connectivity index is 0.000000140. The predicted octanol–water partition coefficient (Wildman–Crippen LogP) is 18.9. The van der Waals surface area contributed by atoms with Crippen LogP contribution in [0.4, 0.5) is 32.3 Å². The third-order valence-electron chi connectivity index (χ3n) is 18.6. The first-order valence-corrected chi connectivity index (χ1v) is 37.7. The van der Waals surface area contributed by atoms with E-state index in [9.17, 15) is 58.1 Å². The molecule has 0 spiro atoms. The van der Waals surface area contributed by atoms with Gasteiger partial charge in [-0.3, -0.25) is 59.1 Å². The quantitative estimate of drug-likeness (QED) is 0.0151. The number of non-ortho nitro benzene ring substituents is 1. The van der Waals surface area contributed by atoms with Gasteiger partial charge in [-0.1, -0.05) is 146 Å². The van der Waals surface area contributed by atoms with E-state index in [0.717, 1.165) is 33.2 Å². The Morgan fingerprint density at radius 3 is 1.03 bits per heavy atom. The van der Waals surface area contributed by atoms with Crippen LogP contribution in [0.1, 0.15) is 108 Å². The van der Waals surface area contributed by atoms with E-state index in [1.807, 2.05) is 146 Å². The van der Waals surface area contributed by atoms with Gasteiger partial charge < -0.3 is 45.1 Å². The van der Waals surface area contributed by atoms with E-state index >= 15 is 0 Å². The van der Waals surface area contributed by atoms with Gasteiger partial charge in [0.15, 0.2) is 23.1 Å². The molecule has 26 nitrogen and oxygen atoms in total. The van der Waals surface area contributed by atoms with Crippen molar-refractivity contribution >= 4 is 136 Å². The number of nitrogens with zero attached hydrogens (tertiary/aromatic N) is 3. The van der Waals surface area contributed by atoms with Crippen LogP contribution in [-0.4, -0.2) is 91.3 Å². The van der Waals surface area contributed by atoms with Crippen LogP contribution in [0.25, 0.3) is 122 Å². The molecule has 0 fully saturated rings. The number of benzene rings is 10. The number of rotatable bonds is 15. The smallest absolute Gasteiger partial charge is 0.412 e. The van der Waals surface area contributed by atoms with Gasteiger partial charge in [0, 0.05) is 95.1 Å². The Kier molecular flexibility index (Phi) is 23.8. The molecule has 10 aromatic carbocycles. The number of nitro benzene ring substituents is 1. The molecule has 0 atom stereocenters. The zero-order chi connectivity index (χ0) is 85.3. The molecule has 0 bridgehead atoms. The summed E-state index contributed by atoms with van der Waals surface area (Å²) in [5, 5.41) is 18.9. The minimum absolute atomic E-state index is 0.00389. The highest BCUT2D eigenvalue weighted by Crippen LogP contribution is 2.37. The summed E-state index contributed by atoms with van der Waals surface area (Å²) in [4.78, 5) is 163. The van der Waals surface area contributed by atoms with Gasteiger partial charge in [-0.2, -0.15) is 0 Å². The van der Waals surface area contributed by atoms with Crippen molar-refractivity contribution < 1.29 is 43.2 Å². The summed E-state index contributed by atoms with van der Waals surface area (Å²) in [5.74, 6) is -0.562. The SMILES string of the molecule is CC(=O)c1c(-c2ccccc2)c2cc(NC(=O)OC(C)(C)C)ccc2[nH]c1=O.CC(=O)c1c(-c2ccccc2)c2cc([N+](=O)[O-])ccc2[nH]c1=O.CC(C)(C)OC(=O)Nc1ccc2[nH]c(=O)c(C(=O)/C=C/c3nc4ccccc4[nH]3)c(-c3ccccc3)c2c1.Nc1ccc2[nH]c(=O)c(C(=O)/C=C/c3nc4ccccc4[nH]3)c(-c3ccccc3)c2c1. The molecule has 0 saturated carbocycles. The normalized spacial score (nSPS) is 11.4. The number of allylic oxidation sites excluding steroid dienone is 2. The molecule has 0 aliphatic carbocycles. The lowest BCUT2D eigenvalue weighted by Crippen LogP contribution is -2.27. The number of carbonyl (C=O) groups is 6. The molecule has 0 aliphatic rings. The topological polar surface area (TPSA) is 403 Å². The zero-order valence-electron chi connectivity index (χ0n) is 66.0. The highest BCUT2D eigenvalue weighted by atomic mass is 16.6. The van der Waals surface area contributed by atoms with Crippen molar-refractivity contribution in [1.82, 2.24) is 39.9 Å². The molecular weight excluding hydrogens is 1520 g/mol. The highest BCUT2D eigenvalue weighted by molar-refractivity contribution is 6.17. The van der Waals surface area contributed by atoms with Crippen LogP contribution in [-0.2, 0) is 9.47 Å². The van der Waals surface area contributed by atoms with Crippen LogP contribution in [0.2, 0.25) is 0 Å². The van der Waals surface area contributed by atoms with Gasteiger partial charge in [-0.05, 0) is 187 Å². The molecule has 120 heavy (non-hydrogen) atoms. The van der Waals surface area contributed by atoms with Crippen molar-refractivity contribution in [1.29, 1.82) is 0 Å². The van der Waals surface area contributed by atoms with E-state index in [4.69, 9.17) is 15.2 Å².